The summed E-state index contributed by atoms with van der Waals surface area (Å²) in [5.74, 6) is -0.589. The molecule has 0 aliphatic rings. The summed E-state index contributed by atoms with van der Waals surface area (Å²) in [6.07, 6.45) is 35.1. The minimum absolute atomic E-state index is 0.364. The lowest BCUT2D eigenvalue weighted by molar-refractivity contribution is -0.132. The summed E-state index contributed by atoms with van der Waals surface area (Å²) in [5.41, 5.74) is 0. The Hall–Kier alpha value is -0.950. The van der Waals surface area contributed by atoms with Gasteiger partial charge in [-0.2, -0.15) is 0 Å². The maximum atomic E-state index is 12.4. The van der Waals surface area contributed by atoms with Crippen molar-refractivity contribution in [3.05, 3.63) is 12.2 Å². The standard InChI is InChI=1S/C39H77NO5/c1-3-5-7-9-11-13-15-17-18-19-21-23-25-27-29-31-33-37(43)39(45)40-35(34-41)38(44)36(42)32-30-28-26-24-22-20-16-14-12-10-8-6-4-2/h17-18,35-38,41-44H,3-16,19-34H2,1-2H3,(H,40,45)/b18-17-. The van der Waals surface area contributed by atoms with Crippen LogP contribution in [0.15, 0.2) is 12.2 Å². The molecule has 0 heterocycles. The van der Waals surface area contributed by atoms with Gasteiger partial charge in [0.1, 0.15) is 12.2 Å². The van der Waals surface area contributed by atoms with Crippen LogP contribution in [-0.4, -0.2) is 57.3 Å². The Balaban J connectivity index is 3.80. The van der Waals surface area contributed by atoms with Crippen LogP contribution in [0.25, 0.3) is 0 Å². The quantitative estimate of drug-likeness (QED) is 0.0350. The Bertz CT molecular complexity index is 643. The topological polar surface area (TPSA) is 110 Å². The van der Waals surface area contributed by atoms with Crippen LogP contribution < -0.4 is 5.32 Å². The number of amides is 1. The van der Waals surface area contributed by atoms with E-state index in [1.165, 1.54) is 128 Å². The van der Waals surface area contributed by atoms with E-state index in [1.54, 1.807) is 0 Å². The highest BCUT2D eigenvalue weighted by molar-refractivity contribution is 5.80. The van der Waals surface area contributed by atoms with Crippen molar-refractivity contribution < 1.29 is 25.2 Å². The molecule has 0 aromatic rings. The summed E-state index contributed by atoms with van der Waals surface area (Å²) in [5, 5.41) is 43.5. The molecule has 45 heavy (non-hydrogen) atoms. The van der Waals surface area contributed by atoms with Gasteiger partial charge < -0.3 is 25.7 Å². The number of aliphatic hydroxyl groups is 4. The minimum Gasteiger partial charge on any atom is -0.394 e. The highest BCUT2D eigenvalue weighted by Gasteiger charge is 2.28. The number of hydrogen-bond donors (Lipinski definition) is 5. The van der Waals surface area contributed by atoms with Crippen LogP contribution in [0.1, 0.15) is 200 Å². The first kappa shape index (κ1) is 44.0. The SMILES string of the molecule is CCCCCCCC/C=C\CCCCCCCCC(O)C(=O)NC(CO)C(O)C(O)CCCCCCCCCCCCCCC. The third-order valence-corrected chi connectivity index (χ3v) is 9.23. The van der Waals surface area contributed by atoms with Gasteiger partial charge >= 0.3 is 0 Å². The van der Waals surface area contributed by atoms with E-state index in [4.69, 9.17) is 0 Å². The van der Waals surface area contributed by atoms with E-state index < -0.39 is 36.9 Å². The molecule has 0 saturated heterocycles. The number of aliphatic hydroxyl groups excluding tert-OH is 4. The average molecular weight is 640 g/mol. The molecular weight excluding hydrogens is 562 g/mol. The van der Waals surface area contributed by atoms with E-state index in [2.05, 4.69) is 31.3 Å². The van der Waals surface area contributed by atoms with Crippen molar-refractivity contribution in [3.63, 3.8) is 0 Å². The third-order valence-electron chi connectivity index (χ3n) is 9.23. The number of carbonyl (C=O) groups is 1. The minimum atomic E-state index is -1.26. The predicted molar refractivity (Wildman–Crippen MR) is 191 cm³/mol. The number of nitrogens with one attached hydrogen (secondary N) is 1. The number of allylic oxidation sites excluding steroid dienone is 2. The summed E-state index contributed by atoms with van der Waals surface area (Å²) in [6.45, 7) is 4.03. The van der Waals surface area contributed by atoms with E-state index in [1.807, 2.05) is 0 Å². The summed E-state index contributed by atoms with van der Waals surface area (Å²) >= 11 is 0. The monoisotopic (exact) mass is 640 g/mol. The van der Waals surface area contributed by atoms with E-state index in [9.17, 15) is 25.2 Å². The zero-order valence-electron chi connectivity index (χ0n) is 29.9. The molecule has 0 bridgehead atoms. The second-order valence-electron chi connectivity index (χ2n) is 13.6. The largest absolute Gasteiger partial charge is 0.394 e. The lowest BCUT2D eigenvalue weighted by Crippen LogP contribution is -2.53. The Morgan fingerprint density at radius 2 is 0.889 bits per heavy atom. The maximum absolute atomic E-state index is 12.4. The molecule has 0 aliphatic carbocycles. The highest BCUT2D eigenvalue weighted by Crippen LogP contribution is 2.16. The lowest BCUT2D eigenvalue weighted by atomic mass is 9.99. The van der Waals surface area contributed by atoms with Gasteiger partial charge in [0.2, 0.25) is 5.91 Å². The molecule has 1 amide bonds. The van der Waals surface area contributed by atoms with Gasteiger partial charge in [0.25, 0.3) is 0 Å². The van der Waals surface area contributed by atoms with Gasteiger partial charge in [0.15, 0.2) is 0 Å². The zero-order chi connectivity index (χ0) is 33.2. The number of unbranched alkanes of at least 4 members (excludes halogenated alkanes) is 24. The van der Waals surface area contributed by atoms with Crippen LogP contribution in [0, 0.1) is 0 Å². The summed E-state index contributed by atoms with van der Waals surface area (Å²) in [6, 6.07) is -0.982. The normalized spacial score (nSPS) is 14.5. The van der Waals surface area contributed by atoms with Gasteiger partial charge in [0.05, 0.1) is 18.8 Å². The van der Waals surface area contributed by atoms with Crippen molar-refractivity contribution >= 4 is 5.91 Å². The molecule has 0 spiro atoms. The van der Waals surface area contributed by atoms with Gasteiger partial charge in [-0.15, -0.1) is 0 Å². The fourth-order valence-electron chi connectivity index (χ4n) is 6.04. The molecule has 6 heteroatoms. The number of rotatable bonds is 35. The molecule has 4 atom stereocenters. The molecule has 0 rings (SSSR count). The van der Waals surface area contributed by atoms with E-state index in [0.29, 0.717) is 12.8 Å². The molecule has 4 unspecified atom stereocenters. The van der Waals surface area contributed by atoms with Gasteiger partial charge in [-0.1, -0.05) is 174 Å². The molecule has 0 fully saturated rings. The molecule has 5 N–H and O–H groups in total. The fourth-order valence-corrected chi connectivity index (χ4v) is 6.04. The molecule has 0 aliphatic heterocycles. The Kier molecular flexibility index (Phi) is 33.7. The molecule has 0 aromatic carbocycles. The molecule has 0 aromatic heterocycles. The van der Waals surface area contributed by atoms with Crippen LogP contribution in [0.3, 0.4) is 0 Å². The predicted octanol–water partition coefficient (Wildman–Crippen LogP) is 9.46. The Morgan fingerprint density at radius 3 is 1.29 bits per heavy atom. The Labute approximate surface area is 279 Å². The van der Waals surface area contributed by atoms with Gasteiger partial charge in [-0.05, 0) is 38.5 Å². The number of carbonyl (C=O) groups excluding carboxylic acids is 1. The second-order valence-corrected chi connectivity index (χ2v) is 13.6. The zero-order valence-corrected chi connectivity index (χ0v) is 29.9. The summed E-state index contributed by atoms with van der Waals surface area (Å²) in [4.78, 5) is 12.4. The molecule has 0 saturated carbocycles. The summed E-state index contributed by atoms with van der Waals surface area (Å²) < 4.78 is 0. The molecular formula is C39H77NO5. The molecule has 0 radical (unpaired) electrons. The first-order chi connectivity index (χ1) is 22.0. The summed E-state index contributed by atoms with van der Waals surface area (Å²) in [7, 11) is 0. The maximum Gasteiger partial charge on any atom is 0.249 e. The van der Waals surface area contributed by atoms with Gasteiger partial charge in [-0.3, -0.25) is 4.79 Å². The number of hydrogen-bond acceptors (Lipinski definition) is 5. The van der Waals surface area contributed by atoms with Crippen molar-refractivity contribution in [2.45, 2.75) is 224 Å². The van der Waals surface area contributed by atoms with Crippen molar-refractivity contribution in [3.8, 4) is 0 Å². The van der Waals surface area contributed by atoms with Crippen molar-refractivity contribution in [2.75, 3.05) is 6.61 Å². The van der Waals surface area contributed by atoms with Crippen molar-refractivity contribution in [1.29, 1.82) is 0 Å². The average Bonchev–Trinajstić information content (AvgIpc) is 3.04. The van der Waals surface area contributed by atoms with Crippen molar-refractivity contribution in [1.82, 2.24) is 5.32 Å². The van der Waals surface area contributed by atoms with Crippen LogP contribution in [-0.2, 0) is 4.79 Å². The second kappa shape index (κ2) is 34.4. The van der Waals surface area contributed by atoms with Crippen LogP contribution >= 0.6 is 0 Å². The first-order valence-electron chi connectivity index (χ1n) is 19.6. The van der Waals surface area contributed by atoms with E-state index in [-0.39, 0.29) is 0 Å². The smallest absolute Gasteiger partial charge is 0.249 e. The lowest BCUT2D eigenvalue weighted by Gasteiger charge is -2.27. The molecule has 268 valence electrons. The van der Waals surface area contributed by atoms with Crippen molar-refractivity contribution in [2.24, 2.45) is 0 Å². The van der Waals surface area contributed by atoms with Crippen LogP contribution in [0.4, 0.5) is 0 Å². The van der Waals surface area contributed by atoms with E-state index in [0.717, 1.165) is 44.9 Å². The van der Waals surface area contributed by atoms with Crippen LogP contribution in [0.2, 0.25) is 0 Å². The van der Waals surface area contributed by atoms with Crippen LogP contribution in [0.5, 0.6) is 0 Å². The van der Waals surface area contributed by atoms with Gasteiger partial charge in [-0.25, -0.2) is 0 Å². The third kappa shape index (κ3) is 29.0. The fraction of sp³-hybridized carbons (Fsp3) is 0.923. The molecule has 6 nitrogen and oxygen atoms in total. The van der Waals surface area contributed by atoms with Gasteiger partial charge in [0, 0.05) is 0 Å². The van der Waals surface area contributed by atoms with E-state index >= 15 is 0 Å². The Morgan fingerprint density at radius 1 is 0.533 bits per heavy atom. The highest BCUT2D eigenvalue weighted by atomic mass is 16.3. The first-order valence-corrected chi connectivity index (χ1v) is 19.6.